The summed E-state index contributed by atoms with van der Waals surface area (Å²) in [6.45, 7) is 4.13. The fourth-order valence-corrected chi connectivity index (χ4v) is 5.36. The number of anilines is 1. The van der Waals surface area contributed by atoms with E-state index in [1.807, 2.05) is 49.4 Å². The van der Waals surface area contributed by atoms with E-state index in [1.54, 1.807) is 7.11 Å². The molecule has 2 heterocycles. The molecule has 1 fully saturated rings. The molecule has 0 bridgehead atoms. The van der Waals surface area contributed by atoms with Gasteiger partial charge in [-0.3, -0.25) is 9.59 Å². The molecule has 0 saturated carbocycles. The van der Waals surface area contributed by atoms with E-state index in [2.05, 4.69) is 26.1 Å². The van der Waals surface area contributed by atoms with Crippen molar-refractivity contribution in [2.24, 2.45) is 0 Å². The van der Waals surface area contributed by atoms with Gasteiger partial charge in [-0.25, -0.2) is 4.98 Å². The minimum absolute atomic E-state index is 0.00184. The van der Waals surface area contributed by atoms with Gasteiger partial charge in [-0.05, 0) is 62.4 Å². The third kappa shape index (κ3) is 5.81. The Kier molecular flexibility index (Phi) is 8.46. The van der Waals surface area contributed by atoms with Crippen LogP contribution in [0, 0.1) is 6.92 Å². The lowest BCUT2D eigenvalue weighted by Crippen LogP contribution is -2.33. The molecule has 1 unspecified atom stereocenters. The molecule has 1 saturated heterocycles. The maximum absolute atomic E-state index is 13.7. The van der Waals surface area contributed by atoms with Crippen molar-refractivity contribution in [3.05, 3.63) is 63.6 Å². The number of halogens is 1. The molecule has 4 rings (SSSR count). The molecule has 2 N–H and O–H groups in total. The molecule has 0 radical (unpaired) electrons. The Morgan fingerprint density at radius 3 is 2.64 bits per heavy atom. The van der Waals surface area contributed by atoms with Gasteiger partial charge in [-0.2, -0.15) is 0 Å². The number of rotatable bonds is 9. The van der Waals surface area contributed by atoms with Crippen molar-refractivity contribution in [2.45, 2.75) is 44.9 Å². The first-order chi connectivity index (χ1) is 17.4. The van der Waals surface area contributed by atoms with E-state index < -0.39 is 5.97 Å². The molecule has 1 aliphatic rings. The van der Waals surface area contributed by atoms with Crippen molar-refractivity contribution in [2.75, 3.05) is 31.6 Å². The molecular formula is C28H32BrN3O4. The topological polar surface area (TPSA) is 91.8 Å². The fourth-order valence-electron chi connectivity index (χ4n) is 5.00. The minimum atomic E-state index is -0.867. The van der Waals surface area contributed by atoms with Gasteiger partial charge < -0.3 is 20.1 Å². The van der Waals surface area contributed by atoms with E-state index in [9.17, 15) is 14.7 Å². The van der Waals surface area contributed by atoms with Crippen LogP contribution in [0.25, 0.3) is 10.9 Å². The average Bonchev–Trinajstić information content (AvgIpc) is 2.88. The number of carboxylic acids is 1. The van der Waals surface area contributed by atoms with Crippen LogP contribution in [0.1, 0.15) is 59.5 Å². The number of pyridine rings is 1. The van der Waals surface area contributed by atoms with Crippen molar-refractivity contribution >= 4 is 44.5 Å². The third-order valence-corrected chi connectivity index (χ3v) is 7.34. The minimum Gasteiger partial charge on any atom is -0.496 e. The van der Waals surface area contributed by atoms with Gasteiger partial charge in [-0.1, -0.05) is 34.1 Å². The largest absolute Gasteiger partial charge is 0.496 e. The number of carbonyl (C=O) groups is 2. The van der Waals surface area contributed by atoms with Gasteiger partial charge in [-0.15, -0.1) is 0 Å². The molecule has 3 aromatic rings. The van der Waals surface area contributed by atoms with Crippen LogP contribution in [0.5, 0.6) is 5.75 Å². The van der Waals surface area contributed by atoms with Gasteiger partial charge in [0, 0.05) is 47.4 Å². The number of para-hydroxylation sites is 1. The van der Waals surface area contributed by atoms with Gasteiger partial charge in [0.1, 0.15) is 11.6 Å². The third-order valence-electron chi connectivity index (χ3n) is 6.84. The number of fused-ring (bicyclic) bond motifs is 1. The number of benzene rings is 2. The van der Waals surface area contributed by atoms with Crippen LogP contribution >= 0.6 is 15.9 Å². The number of ether oxygens (including phenoxy) is 1. The van der Waals surface area contributed by atoms with Crippen LogP contribution in [0.4, 0.5) is 5.82 Å². The van der Waals surface area contributed by atoms with Crippen LogP contribution in [0.3, 0.4) is 0 Å². The molecule has 8 heteroatoms. The number of aromatic nitrogens is 1. The second kappa shape index (κ2) is 11.7. The molecule has 2 aromatic carbocycles. The molecule has 1 aliphatic heterocycles. The van der Waals surface area contributed by atoms with Gasteiger partial charge >= 0.3 is 5.97 Å². The fraction of sp³-hybridized carbons (Fsp3) is 0.393. The Morgan fingerprint density at radius 2 is 1.92 bits per heavy atom. The molecule has 36 heavy (non-hydrogen) atoms. The SMILES string of the molecule is COc1ccccc1C(CCC(=O)O)CNC(=O)c1c(C)c(N2CCCCC2)nc2ccc(Br)cc12. The predicted octanol–water partition coefficient (Wildman–Crippen LogP) is 5.68. The predicted molar refractivity (Wildman–Crippen MR) is 145 cm³/mol. The quantitative estimate of drug-likeness (QED) is 0.354. The molecule has 7 nitrogen and oxygen atoms in total. The number of hydrogen-bond donors (Lipinski definition) is 2. The highest BCUT2D eigenvalue weighted by Gasteiger charge is 2.24. The Balaban J connectivity index is 1.67. The van der Waals surface area contributed by atoms with Crippen LogP contribution < -0.4 is 15.0 Å². The highest BCUT2D eigenvalue weighted by atomic mass is 79.9. The normalized spacial score (nSPS) is 14.5. The Labute approximate surface area is 220 Å². The van der Waals surface area contributed by atoms with Crippen molar-refractivity contribution in [1.29, 1.82) is 0 Å². The molecular weight excluding hydrogens is 522 g/mol. The van der Waals surface area contributed by atoms with Crippen LogP contribution in [-0.2, 0) is 4.79 Å². The van der Waals surface area contributed by atoms with E-state index in [0.717, 1.165) is 58.3 Å². The standard InChI is InChI=1S/C28H32BrN3O4/c1-18-26(22-16-20(29)11-12-23(22)31-27(18)32-14-6-3-7-15-32)28(35)30-17-19(10-13-25(33)34)21-8-4-5-9-24(21)36-2/h4-5,8-9,11-12,16,19H,3,6-7,10,13-15,17H2,1-2H3,(H,30,35)(H,33,34). The summed E-state index contributed by atoms with van der Waals surface area (Å²) in [5, 5.41) is 13.2. The molecule has 190 valence electrons. The molecule has 1 atom stereocenters. The number of nitrogens with one attached hydrogen (secondary N) is 1. The maximum Gasteiger partial charge on any atom is 0.303 e. The number of aliphatic carboxylic acids is 1. The first-order valence-corrected chi connectivity index (χ1v) is 13.2. The van der Waals surface area contributed by atoms with Gasteiger partial charge in [0.2, 0.25) is 0 Å². The van der Waals surface area contributed by atoms with Crippen molar-refractivity contribution in [3.8, 4) is 5.75 Å². The molecule has 0 spiro atoms. The van der Waals surface area contributed by atoms with Gasteiger partial charge in [0.15, 0.2) is 0 Å². The summed E-state index contributed by atoms with van der Waals surface area (Å²) in [4.78, 5) is 32.3. The zero-order valence-corrected chi connectivity index (χ0v) is 22.3. The van der Waals surface area contributed by atoms with Gasteiger partial charge in [0.25, 0.3) is 5.91 Å². The number of carbonyl (C=O) groups excluding carboxylic acids is 1. The lowest BCUT2D eigenvalue weighted by Gasteiger charge is -2.30. The van der Waals surface area contributed by atoms with E-state index in [-0.39, 0.29) is 18.2 Å². The summed E-state index contributed by atoms with van der Waals surface area (Å²) in [6.07, 6.45) is 3.83. The monoisotopic (exact) mass is 553 g/mol. The van der Waals surface area contributed by atoms with Gasteiger partial charge in [0.05, 0.1) is 18.2 Å². The number of amides is 1. The smallest absolute Gasteiger partial charge is 0.303 e. The van der Waals surface area contributed by atoms with Crippen LogP contribution in [-0.4, -0.2) is 48.7 Å². The Hall–Kier alpha value is -3.13. The maximum atomic E-state index is 13.7. The highest BCUT2D eigenvalue weighted by molar-refractivity contribution is 9.10. The van der Waals surface area contributed by atoms with Crippen LogP contribution in [0.2, 0.25) is 0 Å². The number of hydrogen-bond acceptors (Lipinski definition) is 5. The lowest BCUT2D eigenvalue weighted by molar-refractivity contribution is -0.137. The summed E-state index contributed by atoms with van der Waals surface area (Å²) >= 11 is 3.54. The van der Waals surface area contributed by atoms with Crippen molar-refractivity contribution < 1.29 is 19.4 Å². The van der Waals surface area contributed by atoms with E-state index in [4.69, 9.17) is 9.72 Å². The number of methoxy groups -OCH3 is 1. The van der Waals surface area contributed by atoms with Crippen LogP contribution in [0.15, 0.2) is 46.9 Å². The summed E-state index contributed by atoms with van der Waals surface area (Å²) in [7, 11) is 1.60. The summed E-state index contributed by atoms with van der Waals surface area (Å²) in [6, 6.07) is 13.4. The summed E-state index contributed by atoms with van der Waals surface area (Å²) in [5.41, 5.74) is 3.13. The Morgan fingerprint density at radius 1 is 1.17 bits per heavy atom. The van der Waals surface area contributed by atoms with E-state index >= 15 is 0 Å². The summed E-state index contributed by atoms with van der Waals surface area (Å²) in [5.74, 6) is 0.286. The first-order valence-electron chi connectivity index (χ1n) is 12.4. The molecule has 1 aromatic heterocycles. The second-order valence-corrected chi connectivity index (χ2v) is 10.1. The van der Waals surface area contributed by atoms with Crippen molar-refractivity contribution in [1.82, 2.24) is 10.3 Å². The first kappa shape index (κ1) is 25.9. The van der Waals surface area contributed by atoms with E-state index in [0.29, 0.717) is 24.3 Å². The van der Waals surface area contributed by atoms with Crippen molar-refractivity contribution in [3.63, 3.8) is 0 Å². The Bertz CT molecular complexity index is 1260. The molecule has 0 aliphatic carbocycles. The lowest BCUT2D eigenvalue weighted by atomic mass is 9.93. The average molecular weight is 554 g/mol. The van der Waals surface area contributed by atoms with E-state index in [1.165, 1.54) is 6.42 Å². The number of nitrogens with zero attached hydrogens (tertiary/aromatic N) is 2. The number of carboxylic acid groups (broad SMARTS) is 1. The zero-order valence-electron chi connectivity index (χ0n) is 20.7. The zero-order chi connectivity index (χ0) is 25.7. The number of piperidine rings is 1. The highest BCUT2D eigenvalue weighted by Crippen LogP contribution is 2.33. The molecule has 1 amide bonds. The second-order valence-electron chi connectivity index (χ2n) is 9.23. The summed E-state index contributed by atoms with van der Waals surface area (Å²) < 4.78 is 6.40.